The largest absolute Gasteiger partial charge is 0.394 e. The number of aliphatic hydroxyl groups is 5. The van der Waals surface area contributed by atoms with Gasteiger partial charge in [0.25, 0.3) is 5.78 Å². The molecular formula is C12H19N5O5. The van der Waals surface area contributed by atoms with Crippen molar-refractivity contribution in [2.45, 2.75) is 24.4 Å². The molecule has 0 amide bonds. The van der Waals surface area contributed by atoms with E-state index in [0.717, 1.165) is 0 Å². The first kappa shape index (κ1) is 16.5. The van der Waals surface area contributed by atoms with Gasteiger partial charge in [-0.05, 0) is 6.07 Å². The van der Waals surface area contributed by atoms with Gasteiger partial charge in [0.1, 0.15) is 30.5 Å². The summed E-state index contributed by atoms with van der Waals surface area (Å²) >= 11 is 0. The maximum absolute atomic E-state index is 9.98. The highest BCUT2D eigenvalue weighted by atomic mass is 16.4. The molecule has 0 saturated carbocycles. The maximum Gasteiger partial charge on any atom is 0.254 e. The zero-order chi connectivity index (χ0) is 16.3. The van der Waals surface area contributed by atoms with Crippen molar-refractivity contribution < 1.29 is 25.5 Å². The van der Waals surface area contributed by atoms with E-state index >= 15 is 0 Å². The molecule has 2 rings (SSSR count). The lowest BCUT2D eigenvalue weighted by Crippen LogP contribution is -2.49. The standard InChI is InChI=1S/C12H19N5O5/c1-16(4-7(19)10(21)11(22)8(20)5-18)9-2-3-13-12-14-6-15-17(9)12/h2-3,6-8,10-11,18-22H,4-5H2,1H3/t7-,8+,10-,11-/m0/s1. The Hall–Kier alpha value is -1.85. The van der Waals surface area contributed by atoms with E-state index in [0.29, 0.717) is 11.6 Å². The van der Waals surface area contributed by atoms with Crippen LogP contribution in [0.4, 0.5) is 5.82 Å². The van der Waals surface area contributed by atoms with E-state index in [-0.39, 0.29) is 6.54 Å². The molecule has 0 aromatic carbocycles. The quantitative estimate of drug-likeness (QED) is 0.360. The predicted molar refractivity (Wildman–Crippen MR) is 75.2 cm³/mol. The minimum absolute atomic E-state index is 0.0463. The summed E-state index contributed by atoms with van der Waals surface area (Å²) in [4.78, 5) is 9.54. The van der Waals surface area contributed by atoms with Gasteiger partial charge in [-0.1, -0.05) is 0 Å². The molecule has 2 heterocycles. The van der Waals surface area contributed by atoms with Crippen LogP contribution in [0.3, 0.4) is 0 Å². The molecular weight excluding hydrogens is 294 g/mol. The van der Waals surface area contributed by atoms with Crippen molar-refractivity contribution in [3.05, 3.63) is 18.6 Å². The van der Waals surface area contributed by atoms with Gasteiger partial charge in [-0.3, -0.25) is 0 Å². The summed E-state index contributed by atoms with van der Waals surface area (Å²) in [6.07, 6.45) is -3.28. The fourth-order valence-corrected chi connectivity index (χ4v) is 2.06. The summed E-state index contributed by atoms with van der Waals surface area (Å²) in [6, 6.07) is 1.65. The third-order valence-corrected chi connectivity index (χ3v) is 3.34. The Morgan fingerprint density at radius 1 is 1.14 bits per heavy atom. The smallest absolute Gasteiger partial charge is 0.254 e. The molecule has 22 heavy (non-hydrogen) atoms. The summed E-state index contributed by atoms with van der Waals surface area (Å²) in [5, 5.41) is 51.4. The summed E-state index contributed by atoms with van der Waals surface area (Å²) in [7, 11) is 1.65. The number of likely N-dealkylation sites (N-methyl/N-ethyl adjacent to an activating group) is 1. The molecule has 0 aliphatic rings. The van der Waals surface area contributed by atoms with Gasteiger partial charge >= 0.3 is 0 Å². The van der Waals surface area contributed by atoms with Gasteiger partial charge < -0.3 is 30.4 Å². The highest BCUT2D eigenvalue weighted by Gasteiger charge is 2.30. The highest BCUT2D eigenvalue weighted by Crippen LogP contribution is 2.14. The number of rotatable bonds is 7. The van der Waals surface area contributed by atoms with Gasteiger partial charge in [-0.2, -0.15) is 14.6 Å². The summed E-state index contributed by atoms with van der Waals surface area (Å²) in [5.74, 6) is 0.959. The SMILES string of the molecule is CN(C[C@H](O)[C@H](O)[C@@H](O)[C@H](O)CO)c1ccnc2ncnn12. The van der Waals surface area contributed by atoms with Crippen LogP contribution in [0, 0.1) is 0 Å². The molecule has 0 radical (unpaired) electrons. The Bertz CT molecular complexity index is 608. The lowest BCUT2D eigenvalue weighted by atomic mass is 10.0. The van der Waals surface area contributed by atoms with Crippen molar-refractivity contribution in [3.8, 4) is 0 Å². The van der Waals surface area contributed by atoms with E-state index in [1.54, 1.807) is 18.0 Å². The summed E-state index contributed by atoms with van der Waals surface area (Å²) < 4.78 is 1.46. The van der Waals surface area contributed by atoms with Crippen LogP contribution in [-0.4, -0.2) is 89.7 Å². The first-order chi connectivity index (χ1) is 10.5. The zero-order valence-electron chi connectivity index (χ0n) is 11.9. The van der Waals surface area contributed by atoms with Crippen molar-refractivity contribution in [2.75, 3.05) is 25.1 Å². The molecule has 0 aliphatic carbocycles. The Morgan fingerprint density at radius 3 is 2.50 bits per heavy atom. The first-order valence-electron chi connectivity index (χ1n) is 6.64. The molecule has 10 nitrogen and oxygen atoms in total. The Kier molecular flexibility index (Phi) is 5.21. The van der Waals surface area contributed by atoms with E-state index in [2.05, 4.69) is 15.1 Å². The molecule has 122 valence electrons. The Morgan fingerprint density at radius 2 is 1.82 bits per heavy atom. The van der Waals surface area contributed by atoms with Crippen LogP contribution in [0.15, 0.2) is 18.6 Å². The zero-order valence-corrected chi connectivity index (χ0v) is 11.9. The second-order valence-corrected chi connectivity index (χ2v) is 4.95. The second kappa shape index (κ2) is 6.94. The van der Waals surface area contributed by atoms with Crippen molar-refractivity contribution in [3.63, 3.8) is 0 Å². The Labute approximate surface area is 125 Å². The van der Waals surface area contributed by atoms with Crippen molar-refractivity contribution in [1.82, 2.24) is 19.6 Å². The second-order valence-electron chi connectivity index (χ2n) is 4.95. The molecule has 0 unspecified atom stereocenters. The molecule has 2 aromatic rings. The molecule has 0 saturated heterocycles. The highest BCUT2D eigenvalue weighted by molar-refractivity contribution is 5.44. The molecule has 10 heteroatoms. The molecule has 0 spiro atoms. The van der Waals surface area contributed by atoms with Crippen molar-refractivity contribution >= 4 is 11.6 Å². The van der Waals surface area contributed by atoms with Gasteiger partial charge in [0, 0.05) is 19.8 Å². The number of aromatic nitrogens is 4. The van der Waals surface area contributed by atoms with Crippen molar-refractivity contribution in [2.24, 2.45) is 0 Å². The van der Waals surface area contributed by atoms with E-state index in [9.17, 15) is 20.4 Å². The van der Waals surface area contributed by atoms with Crippen molar-refractivity contribution in [1.29, 1.82) is 0 Å². The maximum atomic E-state index is 9.98. The predicted octanol–water partition coefficient (Wildman–Crippen LogP) is -3.00. The number of aliphatic hydroxyl groups excluding tert-OH is 5. The fraction of sp³-hybridized carbons (Fsp3) is 0.583. The lowest BCUT2D eigenvalue weighted by molar-refractivity contribution is -0.112. The fourth-order valence-electron chi connectivity index (χ4n) is 2.06. The normalized spacial score (nSPS) is 17.2. The van der Waals surface area contributed by atoms with Gasteiger partial charge in [0.05, 0.1) is 12.7 Å². The summed E-state index contributed by atoms with van der Waals surface area (Å²) in [5.41, 5.74) is 0. The third-order valence-electron chi connectivity index (χ3n) is 3.34. The molecule has 0 fully saturated rings. The minimum Gasteiger partial charge on any atom is -0.394 e. The van der Waals surface area contributed by atoms with Crippen LogP contribution < -0.4 is 4.90 Å². The number of hydrogen-bond donors (Lipinski definition) is 5. The Balaban J connectivity index is 2.08. The number of anilines is 1. The van der Waals surface area contributed by atoms with Crippen LogP contribution in [-0.2, 0) is 0 Å². The van der Waals surface area contributed by atoms with E-state index < -0.39 is 31.0 Å². The number of fused-ring (bicyclic) bond motifs is 1. The number of nitrogens with zero attached hydrogens (tertiary/aromatic N) is 5. The van der Waals surface area contributed by atoms with Gasteiger partial charge in [-0.15, -0.1) is 0 Å². The molecule has 5 N–H and O–H groups in total. The lowest BCUT2D eigenvalue weighted by Gasteiger charge is -2.29. The molecule has 4 atom stereocenters. The molecule has 0 bridgehead atoms. The van der Waals surface area contributed by atoms with Crippen LogP contribution >= 0.6 is 0 Å². The third kappa shape index (κ3) is 3.31. The van der Waals surface area contributed by atoms with E-state index in [4.69, 9.17) is 5.11 Å². The molecule has 0 aliphatic heterocycles. The topological polar surface area (TPSA) is 147 Å². The molecule has 2 aromatic heterocycles. The average Bonchev–Trinajstić information content (AvgIpc) is 3.00. The van der Waals surface area contributed by atoms with Crippen LogP contribution in [0.1, 0.15) is 0 Å². The monoisotopic (exact) mass is 313 g/mol. The van der Waals surface area contributed by atoms with Gasteiger partial charge in [0.2, 0.25) is 0 Å². The van der Waals surface area contributed by atoms with E-state index in [1.165, 1.54) is 17.0 Å². The summed E-state index contributed by atoms with van der Waals surface area (Å²) in [6.45, 7) is -0.764. The van der Waals surface area contributed by atoms with Gasteiger partial charge in [-0.25, -0.2) is 4.98 Å². The van der Waals surface area contributed by atoms with Crippen LogP contribution in [0.5, 0.6) is 0 Å². The van der Waals surface area contributed by atoms with Crippen LogP contribution in [0.2, 0.25) is 0 Å². The van der Waals surface area contributed by atoms with Crippen LogP contribution in [0.25, 0.3) is 5.78 Å². The minimum atomic E-state index is -1.66. The average molecular weight is 313 g/mol. The number of hydrogen-bond acceptors (Lipinski definition) is 9. The first-order valence-corrected chi connectivity index (χ1v) is 6.64. The van der Waals surface area contributed by atoms with E-state index in [1.807, 2.05) is 0 Å². The van der Waals surface area contributed by atoms with Gasteiger partial charge in [0.15, 0.2) is 0 Å².